The van der Waals surface area contributed by atoms with E-state index in [1.54, 1.807) is 6.92 Å². The molecule has 0 aromatic rings. The van der Waals surface area contributed by atoms with E-state index in [0.29, 0.717) is 0 Å². The summed E-state index contributed by atoms with van der Waals surface area (Å²) in [5.41, 5.74) is 0. The van der Waals surface area contributed by atoms with Crippen molar-refractivity contribution in [2.24, 2.45) is 0 Å². The van der Waals surface area contributed by atoms with E-state index >= 15 is 0 Å². The summed E-state index contributed by atoms with van der Waals surface area (Å²) < 4.78 is 45.6. The largest absolute Gasteiger partial charge is 0.228 e. The number of sulfonamides is 1. The highest BCUT2D eigenvalue weighted by molar-refractivity contribution is 8.06. The van der Waals surface area contributed by atoms with E-state index in [9.17, 15) is 16.8 Å². The van der Waals surface area contributed by atoms with E-state index in [0.717, 1.165) is 10.6 Å². The Balaban J connectivity index is 4.84. The summed E-state index contributed by atoms with van der Waals surface area (Å²) in [5, 5.41) is 7.47. The van der Waals surface area contributed by atoms with Crippen LogP contribution in [-0.2, 0) is 19.9 Å². The summed E-state index contributed by atoms with van der Waals surface area (Å²) in [6, 6.07) is 1.30. The second-order valence-electron chi connectivity index (χ2n) is 3.38. The molecule has 8 heteroatoms. The Labute approximate surface area is 90.5 Å². The van der Waals surface area contributed by atoms with E-state index in [1.807, 2.05) is 6.07 Å². The first-order valence-corrected chi connectivity index (χ1v) is 7.77. The van der Waals surface area contributed by atoms with Crippen LogP contribution in [0.25, 0.3) is 0 Å². The zero-order valence-corrected chi connectivity index (χ0v) is 10.5. The lowest BCUT2D eigenvalue weighted by Gasteiger charge is -2.21. The summed E-state index contributed by atoms with van der Waals surface area (Å²) in [5.74, 6) is 0. The molecule has 0 fully saturated rings. The highest BCUT2D eigenvalue weighted by Gasteiger charge is 2.26. The normalized spacial score (nSPS) is 14.9. The molecule has 0 saturated carbocycles. The average Bonchev–Trinajstić information content (AvgIpc) is 1.98. The van der Waals surface area contributed by atoms with Gasteiger partial charge in [0, 0.05) is 19.3 Å². The summed E-state index contributed by atoms with van der Waals surface area (Å²) in [6.45, 7) is 1.54. The third-order valence-corrected chi connectivity index (χ3v) is 5.95. The maximum Gasteiger partial charge on any atom is 0.228 e. The second-order valence-corrected chi connectivity index (χ2v) is 7.92. The van der Waals surface area contributed by atoms with Crippen LogP contribution in [0, 0.1) is 11.3 Å². The van der Waals surface area contributed by atoms with Gasteiger partial charge >= 0.3 is 0 Å². The van der Waals surface area contributed by atoms with Gasteiger partial charge in [-0.05, 0) is 6.92 Å². The fraction of sp³-hybridized carbons (Fsp3) is 0.857. The summed E-state index contributed by atoms with van der Waals surface area (Å²) in [7, 11) is -6.17. The first-order chi connectivity index (χ1) is 6.60. The van der Waals surface area contributed by atoms with Crippen molar-refractivity contribution in [3.8, 4) is 6.07 Å². The van der Waals surface area contributed by atoms with Crippen molar-refractivity contribution in [3.05, 3.63) is 0 Å². The van der Waals surface area contributed by atoms with Crippen molar-refractivity contribution in [1.82, 2.24) is 4.31 Å². The molecule has 0 saturated heterocycles. The molecule has 0 N–H and O–H groups in total. The molecule has 0 aliphatic heterocycles. The Hall–Kier alpha value is -0.650. The first-order valence-electron chi connectivity index (χ1n) is 4.10. The minimum Gasteiger partial charge on any atom is -0.228 e. The van der Waals surface area contributed by atoms with E-state index in [4.69, 9.17) is 5.26 Å². The van der Waals surface area contributed by atoms with Crippen molar-refractivity contribution in [1.29, 1.82) is 5.26 Å². The Kier molecular flexibility index (Phi) is 4.70. The quantitative estimate of drug-likeness (QED) is 0.662. The van der Waals surface area contributed by atoms with E-state index < -0.39 is 31.0 Å². The van der Waals surface area contributed by atoms with Crippen molar-refractivity contribution in [3.63, 3.8) is 0 Å². The highest BCUT2D eigenvalue weighted by Crippen LogP contribution is 2.09. The molecule has 0 bridgehead atoms. The third kappa shape index (κ3) is 5.11. The fourth-order valence-corrected chi connectivity index (χ4v) is 4.34. The SMILES string of the molecule is CC(CC#N)N(C)S(=O)(=O)CS(C)(=O)=O. The Morgan fingerprint density at radius 3 is 2.13 bits per heavy atom. The standard InChI is InChI=1S/C7H14N2O4S2/c1-7(4-5-8)9(2)15(12,13)6-14(3,10)11/h7H,4,6H2,1-3H3. The molecule has 88 valence electrons. The van der Waals surface area contributed by atoms with Gasteiger partial charge in [-0.15, -0.1) is 0 Å². The fourth-order valence-electron chi connectivity index (χ4n) is 0.888. The molecule has 0 amide bonds. The van der Waals surface area contributed by atoms with E-state index in [1.165, 1.54) is 7.05 Å². The average molecular weight is 254 g/mol. The molecule has 0 radical (unpaired) electrons. The van der Waals surface area contributed by atoms with Gasteiger partial charge < -0.3 is 0 Å². The number of hydrogen-bond acceptors (Lipinski definition) is 5. The lowest BCUT2D eigenvalue weighted by Crippen LogP contribution is -2.38. The monoisotopic (exact) mass is 254 g/mol. The van der Waals surface area contributed by atoms with Crippen LogP contribution in [0.2, 0.25) is 0 Å². The van der Waals surface area contributed by atoms with E-state index in [-0.39, 0.29) is 6.42 Å². The smallest absolute Gasteiger partial charge is 0.228 e. The van der Waals surface area contributed by atoms with E-state index in [2.05, 4.69) is 0 Å². The van der Waals surface area contributed by atoms with Crippen LogP contribution in [0.5, 0.6) is 0 Å². The topological polar surface area (TPSA) is 95.3 Å². The summed E-state index contributed by atoms with van der Waals surface area (Å²) >= 11 is 0. The Bertz CT molecular complexity index is 446. The van der Waals surface area contributed by atoms with Gasteiger partial charge in [-0.25, -0.2) is 21.1 Å². The van der Waals surface area contributed by atoms with Gasteiger partial charge in [0.1, 0.15) is 0 Å². The van der Waals surface area contributed by atoms with Crippen LogP contribution < -0.4 is 0 Å². The molecule has 15 heavy (non-hydrogen) atoms. The van der Waals surface area contributed by atoms with Crippen LogP contribution in [0.15, 0.2) is 0 Å². The molecule has 1 atom stereocenters. The third-order valence-electron chi connectivity index (χ3n) is 1.81. The van der Waals surface area contributed by atoms with Crippen molar-refractivity contribution in [2.75, 3.05) is 18.4 Å². The molecular formula is C7H14N2O4S2. The lowest BCUT2D eigenvalue weighted by atomic mass is 10.3. The second kappa shape index (κ2) is 4.92. The van der Waals surface area contributed by atoms with Crippen LogP contribution in [0.1, 0.15) is 13.3 Å². The Morgan fingerprint density at radius 2 is 1.80 bits per heavy atom. The summed E-state index contributed by atoms with van der Waals surface area (Å²) in [6.07, 6.45) is 0.882. The van der Waals surface area contributed by atoms with Gasteiger partial charge in [-0.3, -0.25) is 0 Å². The number of nitrogens with zero attached hydrogens (tertiary/aromatic N) is 2. The number of rotatable bonds is 5. The Morgan fingerprint density at radius 1 is 1.33 bits per heavy atom. The van der Waals surface area contributed by atoms with Gasteiger partial charge in [0.05, 0.1) is 12.5 Å². The molecule has 0 aliphatic rings. The van der Waals surface area contributed by atoms with Gasteiger partial charge in [-0.2, -0.15) is 5.26 Å². The minimum atomic E-state index is -3.85. The maximum absolute atomic E-state index is 11.5. The van der Waals surface area contributed by atoms with Gasteiger partial charge in [-0.1, -0.05) is 0 Å². The molecule has 0 rings (SSSR count). The van der Waals surface area contributed by atoms with Gasteiger partial charge in [0.2, 0.25) is 10.0 Å². The van der Waals surface area contributed by atoms with Crippen LogP contribution in [0.4, 0.5) is 0 Å². The lowest BCUT2D eigenvalue weighted by molar-refractivity contribution is 0.395. The molecule has 0 spiro atoms. The minimum absolute atomic E-state index is 0.0273. The number of nitriles is 1. The van der Waals surface area contributed by atoms with Crippen LogP contribution in [-0.4, -0.2) is 45.6 Å². The molecule has 0 aromatic heterocycles. The zero-order valence-electron chi connectivity index (χ0n) is 8.84. The molecule has 0 aliphatic carbocycles. The van der Waals surface area contributed by atoms with Crippen LogP contribution >= 0.6 is 0 Å². The number of hydrogen-bond donors (Lipinski definition) is 0. The summed E-state index contributed by atoms with van der Waals surface area (Å²) in [4.78, 5) is 0. The van der Waals surface area contributed by atoms with Crippen molar-refractivity contribution in [2.45, 2.75) is 19.4 Å². The predicted molar refractivity (Wildman–Crippen MR) is 56.1 cm³/mol. The van der Waals surface area contributed by atoms with Gasteiger partial charge in [0.15, 0.2) is 14.9 Å². The first kappa shape index (κ1) is 14.3. The van der Waals surface area contributed by atoms with Gasteiger partial charge in [0.25, 0.3) is 0 Å². The molecular weight excluding hydrogens is 240 g/mol. The molecule has 1 unspecified atom stereocenters. The van der Waals surface area contributed by atoms with Crippen LogP contribution in [0.3, 0.4) is 0 Å². The highest BCUT2D eigenvalue weighted by atomic mass is 32.3. The molecule has 6 nitrogen and oxygen atoms in total. The predicted octanol–water partition coefficient (Wildman–Crippen LogP) is -0.448. The zero-order chi connectivity index (χ0) is 12.3. The maximum atomic E-state index is 11.5. The molecule has 0 aromatic carbocycles. The van der Waals surface area contributed by atoms with Crippen molar-refractivity contribution < 1.29 is 16.8 Å². The number of sulfone groups is 1. The van der Waals surface area contributed by atoms with Crippen molar-refractivity contribution >= 4 is 19.9 Å². The molecule has 0 heterocycles.